The van der Waals surface area contributed by atoms with Crippen LogP contribution in [0.2, 0.25) is 0 Å². The monoisotopic (exact) mass is 486 g/mol. The van der Waals surface area contributed by atoms with Crippen LogP contribution in [0.15, 0.2) is 18.3 Å². The molecule has 0 bridgehead atoms. The molecule has 5 rings (SSSR count). The van der Waals surface area contributed by atoms with Gasteiger partial charge in [0.2, 0.25) is 17.6 Å². The highest BCUT2D eigenvalue weighted by Crippen LogP contribution is 2.34. The minimum absolute atomic E-state index is 0.0239. The highest BCUT2D eigenvalue weighted by molar-refractivity contribution is 5.95. The summed E-state index contributed by atoms with van der Waals surface area (Å²) in [6.07, 6.45) is 4.31. The molecular weight excluding hydrogens is 458 g/mol. The summed E-state index contributed by atoms with van der Waals surface area (Å²) >= 11 is 0. The Hall–Kier alpha value is -3.41. The van der Waals surface area contributed by atoms with Crippen molar-refractivity contribution in [1.29, 1.82) is 0 Å². The van der Waals surface area contributed by atoms with Crippen LogP contribution in [0.25, 0.3) is 16.7 Å². The van der Waals surface area contributed by atoms with Crippen LogP contribution >= 0.6 is 0 Å². The zero-order chi connectivity index (χ0) is 24.9. The SMILES string of the molecule is CC(=O)Nc1cc2c(cn1)c(N1CCC(N(C)C)C1)nn2-c1cc(OC2CC2)nc(C(C)(F)F)n1. The van der Waals surface area contributed by atoms with Crippen molar-refractivity contribution in [3.05, 3.63) is 24.2 Å². The fourth-order valence-electron chi connectivity index (χ4n) is 4.14. The van der Waals surface area contributed by atoms with Gasteiger partial charge in [0.05, 0.1) is 10.9 Å². The first-order valence-corrected chi connectivity index (χ1v) is 11.6. The van der Waals surface area contributed by atoms with E-state index in [0.29, 0.717) is 23.2 Å². The average molecular weight is 487 g/mol. The molecular formula is C23H28F2N8O2. The number of nitrogens with one attached hydrogen (secondary N) is 1. The zero-order valence-corrected chi connectivity index (χ0v) is 20.1. The molecule has 3 aromatic rings. The van der Waals surface area contributed by atoms with Crippen LogP contribution in [0.3, 0.4) is 0 Å². The van der Waals surface area contributed by atoms with Crippen LogP contribution in [0.4, 0.5) is 20.4 Å². The van der Waals surface area contributed by atoms with Gasteiger partial charge in [-0.3, -0.25) is 4.79 Å². The molecule has 1 aliphatic heterocycles. The number of alkyl halides is 2. The largest absolute Gasteiger partial charge is 0.474 e. The first-order valence-electron chi connectivity index (χ1n) is 11.6. The predicted molar refractivity (Wildman–Crippen MR) is 126 cm³/mol. The van der Waals surface area contributed by atoms with Gasteiger partial charge in [0.15, 0.2) is 11.6 Å². The summed E-state index contributed by atoms with van der Waals surface area (Å²) in [5, 5.41) is 8.19. The second-order valence-corrected chi connectivity index (χ2v) is 9.45. The molecule has 0 aromatic carbocycles. The fourth-order valence-corrected chi connectivity index (χ4v) is 4.14. The molecule has 10 nitrogen and oxygen atoms in total. The topological polar surface area (TPSA) is 101 Å². The van der Waals surface area contributed by atoms with E-state index in [-0.39, 0.29) is 23.7 Å². The van der Waals surface area contributed by atoms with Gasteiger partial charge in [-0.1, -0.05) is 0 Å². The normalized spacial score (nSPS) is 18.5. The molecule has 1 unspecified atom stereocenters. The van der Waals surface area contributed by atoms with E-state index in [4.69, 9.17) is 9.84 Å². The van der Waals surface area contributed by atoms with Gasteiger partial charge in [-0.15, -0.1) is 5.10 Å². The highest BCUT2D eigenvalue weighted by Gasteiger charge is 2.33. The average Bonchev–Trinajstić information content (AvgIpc) is 3.31. The third-order valence-corrected chi connectivity index (χ3v) is 6.15. The summed E-state index contributed by atoms with van der Waals surface area (Å²) in [7, 11) is 4.09. The van der Waals surface area contributed by atoms with Gasteiger partial charge in [-0.05, 0) is 33.4 Å². The van der Waals surface area contributed by atoms with Crippen molar-refractivity contribution in [2.75, 3.05) is 37.4 Å². The van der Waals surface area contributed by atoms with Crippen LogP contribution in [-0.2, 0) is 10.7 Å². The van der Waals surface area contributed by atoms with Gasteiger partial charge in [0, 0.05) is 51.3 Å². The first-order chi connectivity index (χ1) is 16.6. The van der Waals surface area contributed by atoms with E-state index < -0.39 is 11.7 Å². The quantitative estimate of drug-likeness (QED) is 0.544. The second kappa shape index (κ2) is 8.67. The third-order valence-electron chi connectivity index (χ3n) is 6.15. The van der Waals surface area contributed by atoms with Crippen molar-refractivity contribution in [2.24, 2.45) is 0 Å². The molecule has 1 amide bonds. The van der Waals surface area contributed by atoms with E-state index in [1.165, 1.54) is 17.7 Å². The maximum absolute atomic E-state index is 14.3. The molecule has 1 saturated carbocycles. The Morgan fingerprint density at radius 1 is 1.23 bits per heavy atom. The number of likely N-dealkylation sites (N-methyl/N-ethyl adjacent to an activating group) is 1. The van der Waals surface area contributed by atoms with Crippen molar-refractivity contribution in [3.63, 3.8) is 0 Å². The van der Waals surface area contributed by atoms with E-state index in [1.807, 2.05) is 14.1 Å². The number of ether oxygens (including phenoxy) is 1. The number of fused-ring (bicyclic) bond motifs is 1. The standard InChI is InChI=1S/C23H28F2N8O2/c1-13(34)27-18-9-17-16(11-26-18)21(32-8-7-14(12-32)31(3)4)30-33(17)19-10-20(35-15-5-6-15)29-22(28-19)23(2,24)25/h9-11,14-15H,5-8,12H2,1-4H3,(H,26,27,34). The molecule has 12 heteroatoms. The van der Waals surface area contributed by atoms with Gasteiger partial charge >= 0.3 is 5.92 Å². The van der Waals surface area contributed by atoms with Crippen molar-refractivity contribution >= 4 is 28.4 Å². The Morgan fingerprint density at radius 2 is 2.00 bits per heavy atom. The van der Waals surface area contributed by atoms with Gasteiger partial charge in [-0.2, -0.15) is 13.8 Å². The molecule has 0 spiro atoms. The Labute approximate surface area is 201 Å². The summed E-state index contributed by atoms with van der Waals surface area (Å²) in [5.41, 5.74) is 0.577. The Balaban J connectivity index is 1.65. The van der Waals surface area contributed by atoms with Gasteiger partial charge < -0.3 is 19.9 Å². The highest BCUT2D eigenvalue weighted by atomic mass is 19.3. The summed E-state index contributed by atoms with van der Waals surface area (Å²) in [6.45, 7) is 3.71. The zero-order valence-electron chi connectivity index (χ0n) is 20.1. The second-order valence-electron chi connectivity index (χ2n) is 9.45. The molecule has 4 heterocycles. The number of amides is 1. The summed E-state index contributed by atoms with van der Waals surface area (Å²) in [5.74, 6) is -2.92. The minimum atomic E-state index is -3.26. The molecule has 1 aliphatic carbocycles. The lowest BCUT2D eigenvalue weighted by atomic mass is 10.2. The smallest absolute Gasteiger partial charge is 0.304 e. The van der Waals surface area contributed by atoms with Crippen LogP contribution in [0, 0.1) is 0 Å². The van der Waals surface area contributed by atoms with E-state index >= 15 is 0 Å². The van der Waals surface area contributed by atoms with E-state index in [1.54, 1.807) is 12.3 Å². The molecule has 1 atom stereocenters. The Morgan fingerprint density at radius 3 is 2.63 bits per heavy atom. The maximum atomic E-state index is 14.3. The fraction of sp³-hybridized carbons (Fsp3) is 0.522. The number of aromatic nitrogens is 5. The molecule has 1 saturated heterocycles. The van der Waals surface area contributed by atoms with Crippen LogP contribution < -0.4 is 15.0 Å². The number of carbonyl (C=O) groups is 1. The van der Waals surface area contributed by atoms with Crippen molar-refractivity contribution < 1.29 is 18.3 Å². The molecule has 3 aromatic heterocycles. The molecule has 1 N–H and O–H groups in total. The van der Waals surface area contributed by atoms with Crippen LogP contribution in [0.5, 0.6) is 5.88 Å². The molecule has 186 valence electrons. The minimum Gasteiger partial charge on any atom is -0.474 e. The lowest BCUT2D eigenvalue weighted by molar-refractivity contribution is -0.114. The predicted octanol–water partition coefficient (Wildman–Crippen LogP) is 2.96. The number of pyridine rings is 1. The van der Waals surface area contributed by atoms with E-state index in [2.05, 4.69) is 30.1 Å². The van der Waals surface area contributed by atoms with E-state index in [0.717, 1.165) is 44.7 Å². The first kappa shape index (κ1) is 23.3. The van der Waals surface area contributed by atoms with Crippen LogP contribution in [-0.4, -0.2) is 74.9 Å². The van der Waals surface area contributed by atoms with Crippen molar-refractivity contribution in [3.8, 4) is 11.7 Å². The summed E-state index contributed by atoms with van der Waals surface area (Å²) in [4.78, 5) is 28.4. The Kier molecular flexibility index (Phi) is 5.78. The third kappa shape index (κ3) is 4.88. The summed E-state index contributed by atoms with van der Waals surface area (Å²) < 4.78 is 35.8. The van der Waals surface area contributed by atoms with Gasteiger partial charge in [0.25, 0.3) is 0 Å². The van der Waals surface area contributed by atoms with Gasteiger partial charge in [0.1, 0.15) is 11.9 Å². The van der Waals surface area contributed by atoms with E-state index in [9.17, 15) is 13.6 Å². The number of halogens is 2. The van der Waals surface area contributed by atoms with Crippen molar-refractivity contribution in [1.82, 2.24) is 29.6 Å². The van der Waals surface area contributed by atoms with Crippen LogP contribution in [0.1, 0.15) is 38.9 Å². The molecule has 0 radical (unpaired) electrons. The maximum Gasteiger partial charge on any atom is 0.304 e. The van der Waals surface area contributed by atoms with Gasteiger partial charge in [-0.25, -0.2) is 14.6 Å². The Bertz CT molecular complexity index is 1270. The summed E-state index contributed by atoms with van der Waals surface area (Å²) in [6, 6.07) is 3.55. The van der Waals surface area contributed by atoms with Crippen molar-refractivity contribution in [2.45, 2.75) is 51.2 Å². The number of carbonyl (C=O) groups excluding carboxylic acids is 1. The lowest BCUT2D eigenvalue weighted by Crippen LogP contribution is -2.31. The molecule has 2 fully saturated rings. The molecule has 35 heavy (non-hydrogen) atoms. The number of nitrogens with zero attached hydrogens (tertiary/aromatic N) is 7. The molecule has 2 aliphatic rings. The number of rotatable bonds is 7. The number of hydrogen-bond acceptors (Lipinski definition) is 8. The lowest BCUT2D eigenvalue weighted by Gasteiger charge is -2.20. The number of hydrogen-bond donors (Lipinski definition) is 1. The number of anilines is 2.